The molecule has 1 saturated heterocycles. The van der Waals surface area contributed by atoms with Gasteiger partial charge in [0, 0.05) is 31.2 Å². The molecule has 0 saturated carbocycles. The number of halogens is 3. The summed E-state index contributed by atoms with van der Waals surface area (Å²) in [5.74, 6) is -1.68. The average Bonchev–Trinajstić information content (AvgIpc) is 2.79. The highest BCUT2D eigenvalue weighted by Crippen LogP contribution is 2.31. The molecule has 0 unspecified atom stereocenters. The topological polar surface area (TPSA) is 40.6 Å². The molecule has 4 nitrogen and oxygen atoms in total. The number of anilines is 1. The first kappa shape index (κ1) is 23.3. The molecule has 0 spiro atoms. The summed E-state index contributed by atoms with van der Waals surface area (Å²) in [6.45, 7) is 3.02. The second-order valence-corrected chi connectivity index (χ2v) is 10.1. The van der Waals surface area contributed by atoms with Crippen LogP contribution in [0.25, 0.3) is 0 Å². The van der Waals surface area contributed by atoms with Crippen LogP contribution in [0.4, 0.5) is 18.9 Å². The van der Waals surface area contributed by atoms with Gasteiger partial charge in [-0.15, -0.1) is 0 Å². The van der Waals surface area contributed by atoms with E-state index in [2.05, 4.69) is 0 Å². The lowest BCUT2D eigenvalue weighted by molar-refractivity contribution is 0.202. The average molecular weight is 475 g/mol. The molecular formula is C25H25F3N2O2S. The van der Waals surface area contributed by atoms with E-state index in [4.69, 9.17) is 0 Å². The zero-order valence-corrected chi connectivity index (χ0v) is 19.0. The van der Waals surface area contributed by atoms with Crippen LogP contribution in [0.5, 0.6) is 0 Å². The first-order chi connectivity index (χ1) is 15.8. The highest BCUT2D eigenvalue weighted by atomic mass is 32.2. The molecule has 0 bridgehead atoms. The summed E-state index contributed by atoms with van der Waals surface area (Å²) in [4.78, 5) is 1.94. The number of likely N-dealkylation sites (tertiary alicyclic amines) is 1. The number of aryl methyl sites for hydroxylation is 1. The molecule has 0 N–H and O–H groups in total. The van der Waals surface area contributed by atoms with Gasteiger partial charge in [0.05, 0.1) is 10.6 Å². The minimum Gasteiger partial charge on any atom is -0.299 e. The molecule has 0 atom stereocenters. The summed E-state index contributed by atoms with van der Waals surface area (Å²) in [6, 6.07) is 15.5. The van der Waals surface area contributed by atoms with Crippen molar-refractivity contribution in [3.63, 3.8) is 0 Å². The Morgan fingerprint density at radius 3 is 2.03 bits per heavy atom. The predicted octanol–water partition coefficient (Wildman–Crippen LogP) is 5.27. The molecule has 1 fully saturated rings. The van der Waals surface area contributed by atoms with Gasteiger partial charge in [0.15, 0.2) is 0 Å². The van der Waals surface area contributed by atoms with Crippen LogP contribution in [0.1, 0.15) is 24.0 Å². The van der Waals surface area contributed by atoms with Crippen LogP contribution in [0, 0.1) is 24.4 Å². The number of benzene rings is 3. The minimum atomic E-state index is -3.95. The summed E-state index contributed by atoms with van der Waals surface area (Å²) in [5, 5.41) is 0. The number of piperidine rings is 1. The lowest BCUT2D eigenvalue weighted by atomic mass is 10.0. The van der Waals surface area contributed by atoms with Crippen LogP contribution in [-0.2, 0) is 16.6 Å². The van der Waals surface area contributed by atoms with E-state index in [0.29, 0.717) is 31.6 Å². The highest BCUT2D eigenvalue weighted by molar-refractivity contribution is 7.92. The Morgan fingerprint density at radius 1 is 0.879 bits per heavy atom. The third kappa shape index (κ3) is 5.07. The monoisotopic (exact) mass is 474 g/mol. The summed E-state index contributed by atoms with van der Waals surface area (Å²) in [6.07, 6.45) is 0.981. The SMILES string of the molecule is Cc1ccc(N(C2CCN(Cc3c(F)cccc3F)CC2)S(=O)(=O)c2ccc(F)cc2)cc1. The van der Waals surface area contributed by atoms with Gasteiger partial charge >= 0.3 is 0 Å². The van der Waals surface area contributed by atoms with Gasteiger partial charge in [-0.1, -0.05) is 23.8 Å². The Kier molecular flexibility index (Phi) is 6.76. The molecule has 1 aliphatic heterocycles. The molecule has 174 valence electrons. The number of hydrogen-bond donors (Lipinski definition) is 0. The quantitative estimate of drug-likeness (QED) is 0.489. The zero-order valence-electron chi connectivity index (χ0n) is 18.2. The molecule has 0 amide bonds. The lowest BCUT2D eigenvalue weighted by Gasteiger charge is -2.39. The van der Waals surface area contributed by atoms with Crippen LogP contribution < -0.4 is 4.31 Å². The van der Waals surface area contributed by atoms with Crippen molar-refractivity contribution in [3.8, 4) is 0 Å². The smallest absolute Gasteiger partial charge is 0.264 e. The predicted molar refractivity (Wildman–Crippen MR) is 122 cm³/mol. The van der Waals surface area contributed by atoms with Gasteiger partial charge < -0.3 is 0 Å². The molecule has 3 aromatic rings. The lowest BCUT2D eigenvalue weighted by Crippen LogP contribution is -2.47. The van der Waals surface area contributed by atoms with Crippen molar-refractivity contribution in [2.24, 2.45) is 0 Å². The van der Waals surface area contributed by atoms with Crippen LogP contribution in [0.2, 0.25) is 0 Å². The Labute approximate surface area is 192 Å². The molecule has 8 heteroatoms. The van der Waals surface area contributed by atoms with E-state index < -0.39 is 27.5 Å². The van der Waals surface area contributed by atoms with E-state index in [1.165, 1.54) is 34.6 Å². The molecule has 0 aromatic heterocycles. The van der Waals surface area contributed by atoms with Gasteiger partial charge in [0.1, 0.15) is 17.5 Å². The van der Waals surface area contributed by atoms with E-state index in [9.17, 15) is 21.6 Å². The summed E-state index contributed by atoms with van der Waals surface area (Å²) >= 11 is 0. The van der Waals surface area contributed by atoms with Crippen molar-refractivity contribution in [2.75, 3.05) is 17.4 Å². The van der Waals surface area contributed by atoms with E-state index in [-0.39, 0.29) is 23.0 Å². The summed E-state index contributed by atoms with van der Waals surface area (Å²) in [7, 11) is -3.95. The zero-order chi connectivity index (χ0) is 23.6. The summed E-state index contributed by atoms with van der Waals surface area (Å²) < 4.78 is 70.1. The fourth-order valence-electron chi connectivity index (χ4n) is 4.18. The number of sulfonamides is 1. The largest absolute Gasteiger partial charge is 0.299 e. The first-order valence-electron chi connectivity index (χ1n) is 10.8. The molecule has 0 radical (unpaired) electrons. The van der Waals surface area contributed by atoms with Crippen molar-refractivity contribution in [2.45, 2.75) is 37.2 Å². The van der Waals surface area contributed by atoms with Crippen LogP contribution >= 0.6 is 0 Å². The molecule has 3 aromatic carbocycles. The number of hydrogen-bond acceptors (Lipinski definition) is 3. The second kappa shape index (κ2) is 9.57. The van der Waals surface area contributed by atoms with Crippen LogP contribution in [0.3, 0.4) is 0 Å². The van der Waals surface area contributed by atoms with Crippen molar-refractivity contribution in [1.82, 2.24) is 4.90 Å². The van der Waals surface area contributed by atoms with Gasteiger partial charge in [-0.25, -0.2) is 21.6 Å². The Morgan fingerprint density at radius 2 is 1.45 bits per heavy atom. The fourth-order valence-corrected chi connectivity index (χ4v) is 5.89. The van der Waals surface area contributed by atoms with Gasteiger partial charge in [-0.2, -0.15) is 0 Å². The van der Waals surface area contributed by atoms with Crippen molar-refractivity contribution in [3.05, 3.63) is 95.3 Å². The maximum atomic E-state index is 14.1. The van der Waals surface area contributed by atoms with E-state index in [1.54, 1.807) is 12.1 Å². The van der Waals surface area contributed by atoms with Gasteiger partial charge in [-0.3, -0.25) is 9.21 Å². The standard InChI is InChI=1S/C25H25F3N2O2S/c1-18-5-9-20(10-6-18)30(33(31,32)22-11-7-19(26)8-12-22)21-13-15-29(16-14-21)17-23-24(27)3-2-4-25(23)28/h2-12,21H,13-17H2,1H3. The molecule has 1 aliphatic rings. The molecule has 33 heavy (non-hydrogen) atoms. The molecule has 4 rings (SSSR count). The molecular weight excluding hydrogens is 449 g/mol. The normalized spacial score (nSPS) is 15.5. The Balaban J connectivity index is 1.58. The van der Waals surface area contributed by atoms with E-state index in [1.807, 2.05) is 24.0 Å². The van der Waals surface area contributed by atoms with Crippen molar-refractivity contribution >= 4 is 15.7 Å². The third-order valence-electron chi connectivity index (χ3n) is 5.99. The second-order valence-electron chi connectivity index (χ2n) is 8.30. The molecule has 1 heterocycles. The van der Waals surface area contributed by atoms with Gasteiger partial charge in [0.2, 0.25) is 0 Å². The van der Waals surface area contributed by atoms with E-state index in [0.717, 1.165) is 17.7 Å². The van der Waals surface area contributed by atoms with Crippen molar-refractivity contribution in [1.29, 1.82) is 0 Å². The van der Waals surface area contributed by atoms with Gasteiger partial charge in [0.25, 0.3) is 10.0 Å². The maximum absolute atomic E-state index is 14.1. The van der Waals surface area contributed by atoms with Crippen LogP contribution in [-0.4, -0.2) is 32.4 Å². The fraction of sp³-hybridized carbons (Fsp3) is 0.280. The third-order valence-corrected chi connectivity index (χ3v) is 7.89. The Bertz CT molecular complexity index is 1190. The first-order valence-corrected chi connectivity index (χ1v) is 12.2. The van der Waals surface area contributed by atoms with E-state index >= 15 is 0 Å². The maximum Gasteiger partial charge on any atom is 0.264 e. The molecule has 0 aliphatic carbocycles. The Hall–Kier alpha value is -2.84. The number of rotatable bonds is 6. The van der Waals surface area contributed by atoms with Gasteiger partial charge in [-0.05, 0) is 68.3 Å². The number of nitrogens with zero attached hydrogens (tertiary/aromatic N) is 2. The highest BCUT2D eigenvalue weighted by Gasteiger charge is 2.34. The van der Waals surface area contributed by atoms with Crippen LogP contribution in [0.15, 0.2) is 71.6 Å². The minimum absolute atomic E-state index is 0.0142. The van der Waals surface area contributed by atoms with Crippen molar-refractivity contribution < 1.29 is 21.6 Å². The summed E-state index contributed by atoms with van der Waals surface area (Å²) in [5.41, 5.74) is 1.55.